The second-order valence-electron chi connectivity index (χ2n) is 7.82. The Morgan fingerprint density at radius 2 is 2.07 bits per heavy atom. The molecule has 150 valence electrons. The predicted octanol–water partition coefficient (Wildman–Crippen LogP) is 4.12. The zero-order valence-electron chi connectivity index (χ0n) is 16.0. The second kappa shape index (κ2) is 7.52. The first-order valence-electron chi connectivity index (χ1n) is 10.1. The Balaban J connectivity index is 1.44. The molecule has 2 aliphatic rings. The van der Waals surface area contributed by atoms with Crippen molar-refractivity contribution in [1.29, 1.82) is 0 Å². The molecule has 0 radical (unpaired) electrons. The molecule has 1 amide bonds. The fraction of sp³-hybridized carbons (Fsp3) is 0.348. The van der Waals surface area contributed by atoms with E-state index >= 15 is 0 Å². The first-order valence-corrected chi connectivity index (χ1v) is 10.1. The van der Waals surface area contributed by atoms with Crippen LogP contribution in [0.5, 0.6) is 5.75 Å². The maximum Gasteiger partial charge on any atom is 0.255 e. The second-order valence-corrected chi connectivity index (χ2v) is 7.82. The van der Waals surface area contributed by atoms with Crippen molar-refractivity contribution < 1.29 is 18.3 Å². The van der Waals surface area contributed by atoms with Gasteiger partial charge in [-0.05, 0) is 50.1 Å². The van der Waals surface area contributed by atoms with E-state index in [1.807, 2.05) is 12.1 Å². The van der Waals surface area contributed by atoms with E-state index in [0.29, 0.717) is 28.4 Å². The van der Waals surface area contributed by atoms with Gasteiger partial charge in [0.05, 0.1) is 5.56 Å². The van der Waals surface area contributed by atoms with E-state index in [1.165, 1.54) is 6.07 Å². The van der Waals surface area contributed by atoms with Crippen LogP contribution in [-0.2, 0) is 6.61 Å². The van der Waals surface area contributed by atoms with Gasteiger partial charge in [-0.15, -0.1) is 0 Å². The van der Waals surface area contributed by atoms with Crippen LogP contribution in [-0.4, -0.2) is 25.0 Å². The minimum absolute atomic E-state index is 0.0920. The number of halogens is 1. The van der Waals surface area contributed by atoms with Crippen LogP contribution in [0.25, 0.3) is 11.0 Å². The lowest BCUT2D eigenvalue weighted by molar-refractivity contribution is 0.0939. The van der Waals surface area contributed by atoms with Gasteiger partial charge in [0, 0.05) is 29.5 Å². The summed E-state index contributed by atoms with van der Waals surface area (Å²) >= 11 is 0. The van der Waals surface area contributed by atoms with Crippen LogP contribution >= 0.6 is 0 Å². The molecule has 0 unspecified atom stereocenters. The van der Waals surface area contributed by atoms with Crippen molar-refractivity contribution in [2.75, 3.05) is 13.1 Å². The minimum atomic E-state index is -0.293. The molecule has 5 nitrogen and oxygen atoms in total. The number of hydrogen-bond donors (Lipinski definition) is 2. The molecule has 1 aliphatic heterocycles. The summed E-state index contributed by atoms with van der Waals surface area (Å²) in [4.78, 5) is 13.1. The van der Waals surface area contributed by atoms with E-state index in [1.54, 1.807) is 24.3 Å². The van der Waals surface area contributed by atoms with Gasteiger partial charge in [-0.3, -0.25) is 4.79 Å². The molecule has 2 N–H and O–H groups in total. The van der Waals surface area contributed by atoms with Crippen LogP contribution in [0.1, 0.15) is 46.9 Å². The highest BCUT2D eigenvalue weighted by atomic mass is 19.1. The average molecular weight is 394 g/mol. The van der Waals surface area contributed by atoms with Crippen LogP contribution in [0.4, 0.5) is 4.39 Å². The van der Waals surface area contributed by atoms with Gasteiger partial charge >= 0.3 is 0 Å². The van der Waals surface area contributed by atoms with Crippen molar-refractivity contribution in [1.82, 2.24) is 10.6 Å². The number of benzene rings is 2. The third kappa shape index (κ3) is 3.72. The Hall–Kier alpha value is -2.86. The first kappa shape index (κ1) is 18.2. The molecular formula is C23H23FN2O3. The Bertz CT molecular complexity index is 1050. The van der Waals surface area contributed by atoms with Crippen LogP contribution < -0.4 is 15.4 Å². The van der Waals surface area contributed by atoms with Crippen LogP contribution in [0, 0.1) is 5.82 Å². The summed E-state index contributed by atoms with van der Waals surface area (Å²) in [5, 5.41) is 7.15. The molecule has 6 heteroatoms. The molecule has 1 saturated carbocycles. The number of fused-ring (bicyclic) bond motifs is 1. The van der Waals surface area contributed by atoms with E-state index in [0.717, 1.165) is 43.5 Å². The number of carbonyl (C=O) groups excluding carboxylic acids is 1. The molecule has 1 atom stereocenters. The van der Waals surface area contributed by atoms with Crippen molar-refractivity contribution in [3.8, 4) is 5.75 Å². The van der Waals surface area contributed by atoms with Crippen LogP contribution in [0.3, 0.4) is 0 Å². The minimum Gasteiger partial charge on any atom is -0.489 e. The normalized spacial score (nSPS) is 18.9. The lowest BCUT2D eigenvalue weighted by atomic mass is 10.1. The molecular weight excluding hydrogens is 371 g/mol. The summed E-state index contributed by atoms with van der Waals surface area (Å²) in [7, 11) is 0. The van der Waals surface area contributed by atoms with Gasteiger partial charge in [-0.25, -0.2) is 4.39 Å². The number of hydrogen-bond acceptors (Lipinski definition) is 4. The van der Waals surface area contributed by atoms with Crippen molar-refractivity contribution in [2.45, 2.75) is 37.8 Å². The van der Waals surface area contributed by atoms with Crippen molar-refractivity contribution in [3.05, 3.63) is 65.2 Å². The van der Waals surface area contributed by atoms with E-state index in [4.69, 9.17) is 9.15 Å². The number of ether oxygens (including phenoxy) is 1. The fourth-order valence-corrected chi connectivity index (χ4v) is 3.86. The monoisotopic (exact) mass is 394 g/mol. The summed E-state index contributed by atoms with van der Waals surface area (Å²) in [5.74, 6) is 1.28. The fourth-order valence-electron chi connectivity index (χ4n) is 3.86. The van der Waals surface area contributed by atoms with Crippen LogP contribution in [0.2, 0.25) is 0 Å². The molecule has 2 aromatic carbocycles. The highest BCUT2D eigenvalue weighted by Crippen LogP contribution is 2.45. The maximum atomic E-state index is 13.9. The maximum absolute atomic E-state index is 13.9. The Labute approximate surface area is 168 Å². The molecule has 1 saturated heterocycles. The van der Waals surface area contributed by atoms with Gasteiger partial charge in [0.25, 0.3) is 5.91 Å². The molecule has 2 heterocycles. The number of furan rings is 1. The van der Waals surface area contributed by atoms with E-state index in [-0.39, 0.29) is 24.4 Å². The lowest BCUT2D eigenvalue weighted by Crippen LogP contribution is -2.36. The number of nitrogens with one attached hydrogen (secondary N) is 2. The van der Waals surface area contributed by atoms with Crippen LogP contribution in [0.15, 0.2) is 46.9 Å². The number of carbonyl (C=O) groups is 1. The molecule has 1 aliphatic carbocycles. The summed E-state index contributed by atoms with van der Waals surface area (Å²) in [6.07, 6.45) is 3.01. The van der Waals surface area contributed by atoms with Gasteiger partial charge in [-0.1, -0.05) is 18.2 Å². The van der Waals surface area contributed by atoms with E-state index < -0.39 is 0 Å². The first-order chi connectivity index (χ1) is 14.2. The van der Waals surface area contributed by atoms with Gasteiger partial charge in [0.1, 0.15) is 29.5 Å². The predicted molar refractivity (Wildman–Crippen MR) is 108 cm³/mol. The zero-order valence-corrected chi connectivity index (χ0v) is 16.0. The van der Waals surface area contributed by atoms with E-state index in [9.17, 15) is 9.18 Å². The standard InChI is InChI=1S/C23H23FN2O3/c24-19-4-2-1-3-15(19)13-28-17-7-8-20-18(11-17)21(22(29-20)14-5-6-14)23(27)26-16-9-10-25-12-16/h1-4,7-8,11,14,16,25H,5-6,9-10,12-13H2,(H,26,27)/t16-/m0/s1. The Kier molecular flexibility index (Phi) is 4.72. The molecule has 0 bridgehead atoms. The Morgan fingerprint density at radius 1 is 1.21 bits per heavy atom. The smallest absolute Gasteiger partial charge is 0.255 e. The van der Waals surface area contributed by atoms with Gasteiger partial charge in [0.2, 0.25) is 0 Å². The zero-order chi connectivity index (χ0) is 19.8. The molecule has 0 spiro atoms. The molecule has 1 aromatic heterocycles. The quantitative estimate of drug-likeness (QED) is 0.660. The average Bonchev–Trinajstić information content (AvgIpc) is 3.31. The molecule has 2 fully saturated rings. The topological polar surface area (TPSA) is 63.5 Å². The largest absolute Gasteiger partial charge is 0.489 e. The molecule has 5 rings (SSSR count). The van der Waals surface area contributed by atoms with Gasteiger partial charge in [0.15, 0.2) is 0 Å². The number of rotatable bonds is 6. The summed E-state index contributed by atoms with van der Waals surface area (Å²) in [5.41, 5.74) is 1.79. The third-order valence-corrected chi connectivity index (χ3v) is 5.61. The Morgan fingerprint density at radius 3 is 2.83 bits per heavy atom. The van der Waals surface area contributed by atoms with Gasteiger partial charge < -0.3 is 19.8 Å². The molecule has 29 heavy (non-hydrogen) atoms. The lowest BCUT2D eigenvalue weighted by Gasteiger charge is -2.12. The summed E-state index contributed by atoms with van der Waals surface area (Å²) < 4.78 is 25.7. The molecule has 3 aromatic rings. The third-order valence-electron chi connectivity index (χ3n) is 5.61. The highest BCUT2D eigenvalue weighted by molar-refractivity contribution is 6.08. The van der Waals surface area contributed by atoms with Crippen molar-refractivity contribution >= 4 is 16.9 Å². The van der Waals surface area contributed by atoms with Crippen molar-refractivity contribution in [2.24, 2.45) is 0 Å². The van der Waals surface area contributed by atoms with Crippen molar-refractivity contribution in [3.63, 3.8) is 0 Å². The summed E-state index contributed by atoms with van der Waals surface area (Å²) in [6.45, 7) is 1.83. The number of amides is 1. The summed E-state index contributed by atoms with van der Waals surface area (Å²) in [6, 6.07) is 12.1. The van der Waals surface area contributed by atoms with E-state index in [2.05, 4.69) is 10.6 Å². The van der Waals surface area contributed by atoms with Gasteiger partial charge in [-0.2, -0.15) is 0 Å². The highest BCUT2D eigenvalue weighted by Gasteiger charge is 2.34. The SMILES string of the molecule is O=C(N[C@H]1CCNC1)c1c(C2CC2)oc2ccc(OCc3ccccc3F)cc12.